The van der Waals surface area contributed by atoms with E-state index in [2.05, 4.69) is 0 Å². The minimum Gasteiger partial charge on any atom is -0.460 e. The molecule has 1 atom stereocenters. The van der Waals surface area contributed by atoms with Crippen molar-refractivity contribution in [3.8, 4) is 0 Å². The number of hydrogen-bond acceptors (Lipinski definition) is 5. The maximum atomic E-state index is 11.0. The van der Waals surface area contributed by atoms with Gasteiger partial charge in [-0.3, -0.25) is 9.59 Å². The van der Waals surface area contributed by atoms with Gasteiger partial charge >= 0.3 is 5.97 Å². The molecule has 0 fully saturated rings. The van der Waals surface area contributed by atoms with Crippen molar-refractivity contribution in [2.75, 3.05) is 12.4 Å². The van der Waals surface area contributed by atoms with Crippen LogP contribution in [0.2, 0.25) is 0 Å². The lowest BCUT2D eigenvalue weighted by Gasteiger charge is -2.16. The Morgan fingerprint density at radius 3 is 2.50 bits per heavy atom. The van der Waals surface area contributed by atoms with Crippen LogP contribution in [0.5, 0.6) is 0 Å². The Morgan fingerprint density at radius 1 is 1.20 bits per heavy atom. The lowest BCUT2D eigenvalue weighted by molar-refractivity contribution is -0.149. The second-order valence-electron chi connectivity index (χ2n) is 4.36. The molecule has 0 saturated heterocycles. The van der Waals surface area contributed by atoms with Crippen LogP contribution in [0.15, 0.2) is 30.3 Å². The van der Waals surface area contributed by atoms with Crippen LogP contribution < -0.4 is 0 Å². The topological polar surface area (TPSA) is 52.6 Å². The molecule has 1 rings (SSSR count). The highest BCUT2D eigenvalue weighted by Gasteiger charge is 2.13. The fraction of sp³-hybridized carbons (Fsp3) is 0.467. The number of rotatable bonds is 8. The number of esters is 1. The van der Waals surface area contributed by atoms with Gasteiger partial charge in [-0.15, -0.1) is 0 Å². The molecule has 1 aromatic rings. The van der Waals surface area contributed by atoms with Crippen LogP contribution in [-0.4, -0.2) is 29.5 Å². The molecule has 0 radical (unpaired) electrons. The summed E-state index contributed by atoms with van der Waals surface area (Å²) >= 11 is 1.23. The molecule has 0 aromatic heterocycles. The second-order valence-corrected chi connectivity index (χ2v) is 5.63. The van der Waals surface area contributed by atoms with Crippen LogP contribution in [0.3, 0.4) is 0 Å². The zero-order valence-electron chi connectivity index (χ0n) is 11.8. The molecule has 20 heavy (non-hydrogen) atoms. The predicted octanol–water partition coefficient (Wildman–Crippen LogP) is 2.80. The monoisotopic (exact) mass is 296 g/mol. The summed E-state index contributed by atoms with van der Waals surface area (Å²) < 4.78 is 10.8. The molecule has 0 heterocycles. The lowest BCUT2D eigenvalue weighted by Crippen LogP contribution is -2.23. The fourth-order valence-corrected chi connectivity index (χ4v) is 2.30. The lowest BCUT2D eigenvalue weighted by atomic mass is 10.2. The zero-order valence-corrected chi connectivity index (χ0v) is 12.7. The summed E-state index contributed by atoms with van der Waals surface area (Å²) in [6, 6.07) is 9.81. The van der Waals surface area contributed by atoms with Gasteiger partial charge in [-0.1, -0.05) is 42.1 Å². The van der Waals surface area contributed by atoms with E-state index in [0.717, 1.165) is 5.56 Å². The Kier molecular flexibility index (Phi) is 7.99. The van der Waals surface area contributed by atoms with E-state index >= 15 is 0 Å². The molecule has 0 spiro atoms. The fourth-order valence-electron chi connectivity index (χ4n) is 1.63. The first-order chi connectivity index (χ1) is 9.58. The quantitative estimate of drug-likeness (QED) is 0.690. The molecular weight excluding hydrogens is 276 g/mol. The largest absolute Gasteiger partial charge is 0.460 e. The van der Waals surface area contributed by atoms with Crippen molar-refractivity contribution in [1.82, 2.24) is 0 Å². The van der Waals surface area contributed by atoms with Gasteiger partial charge in [0.15, 0.2) is 5.12 Å². The third-order valence-electron chi connectivity index (χ3n) is 2.49. The van der Waals surface area contributed by atoms with Crippen molar-refractivity contribution in [3.05, 3.63) is 35.9 Å². The molecule has 0 aliphatic carbocycles. The molecular formula is C15H20O4S. The van der Waals surface area contributed by atoms with E-state index in [0.29, 0.717) is 25.4 Å². The average molecular weight is 296 g/mol. The van der Waals surface area contributed by atoms with Gasteiger partial charge in [-0.05, 0) is 12.0 Å². The van der Waals surface area contributed by atoms with Crippen LogP contribution in [0.25, 0.3) is 0 Å². The SMILES string of the molecule is CC(=O)OC(CCSC(C)=O)COCc1ccccc1. The number of carbonyl (C=O) groups is 2. The third kappa shape index (κ3) is 7.96. The second kappa shape index (κ2) is 9.55. The maximum Gasteiger partial charge on any atom is 0.302 e. The maximum absolute atomic E-state index is 11.0. The van der Waals surface area contributed by atoms with E-state index in [9.17, 15) is 9.59 Å². The van der Waals surface area contributed by atoms with Crippen LogP contribution in [0.1, 0.15) is 25.8 Å². The van der Waals surface area contributed by atoms with Gasteiger partial charge in [0, 0.05) is 19.6 Å². The summed E-state index contributed by atoms with van der Waals surface area (Å²) in [6.45, 7) is 3.73. The molecule has 0 N–H and O–H groups in total. The van der Waals surface area contributed by atoms with Crippen molar-refractivity contribution in [2.45, 2.75) is 33.0 Å². The van der Waals surface area contributed by atoms with Crippen LogP contribution >= 0.6 is 11.8 Å². The van der Waals surface area contributed by atoms with Crippen molar-refractivity contribution >= 4 is 22.8 Å². The van der Waals surface area contributed by atoms with E-state index in [1.807, 2.05) is 30.3 Å². The Morgan fingerprint density at radius 2 is 1.90 bits per heavy atom. The van der Waals surface area contributed by atoms with Crippen LogP contribution in [0.4, 0.5) is 0 Å². The summed E-state index contributed by atoms with van der Waals surface area (Å²) in [6.07, 6.45) is 0.307. The summed E-state index contributed by atoms with van der Waals surface area (Å²) in [5, 5.41) is 0.0665. The van der Waals surface area contributed by atoms with Crippen molar-refractivity contribution < 1.29 is 19.1 Å². The number of carbonyl (C=O) groups excluding carboxylic acids is 2. The summed E-state index contributed by atoms with van der Waals surface area (Å²) in [5.41, 5.74) is 1.08. The Balaban J connectivity index is 2.32. The molecule has 110 valence electrons. The van der Waals surface area contributed by atoms with Crippen molar-refractivity contribution in [3.63, 3.8) is 0 Å². The number of thioether (sulfide) groups is 1. The standard InChI is InChI=1S/C15H20O4S/c1-12(16)19-15(8-9-20-13(2)17)11-18-10-14-6-4-3-5-7-14/h3-7,15H,8-11H2,1-2H3. The van der Waals surface area contributed by atoms with E-state index in [1.54, 1.807) is 0 Å². The minimum atomic E-state index is -0.328. The van der Waals surface area contributed by atoms with Gasteiger partial charge in [0.25, 0.3) is 0 Å². The highest BCUT2D eigenvalue weighted by molar-refractivity contribution is 8.13. The molecule has 1 aromatic carbocycles. The molecule has 0 amide bonds. The normalized spacial score (nSPS) is 11.9. The molecule has 1 unspecified atom stereocenters. The first-order valence-electron chi connectivity index (χ1n) is 6.50. The molecule has 5 heteroatoms. The summed E-state index contributed by atoms with van der Waals surface area (Å²) in [5.74, 6) is 0.299. The van der Waals surface area contributed by atoms with Crippen LogP contribution in [0, 0.1) is 0 Å². The predicted molar refractivity (Wildman–Crippen MR) is 79.4 cm³/mol. The molecule has 0 bridgehead atoms. The molecule has 0 aliphatic heterocycles. The van der Waals surface area contributed by atoms with Gasteiger partial charge in [-0.2, -0.15) is 0 Å². The van der Waals surface area contributed by atoms with Gasteiger partial charge < -0.3 is 9.47 Å². The van der Waals surface area contributed by atoms with Gasteiger partial charge in [0.1, 0.15) is 6.10 Å². The van der Waals surface area contributed by atoms with Crippen LogP contribution in [-0.2, 0) is 25.7 Å². The van der Waals surface area contributed by atoms with Gasteiger partial charge in [-0.25, -0.2) is 0 Å². The highest BCUT2D eigenvalue weighted by Crippen LogP contribution is 2.10. The van der Waals surface area contributed by atoms with E-state index in [1.165, 1.54) is 25.6 Å². The summed E-state index contributed by atoms with van der Waals surface area (Å²) in [4.78, 5) is 21.9. The molecule has 4 nitrogen and oxygen atoms in total. The average Bonchev–Trinajstić information content (AvgIpc) is 2.38. The summed E-state index contributed by atoms with van der Waals surface area (Å²) in [7, 11) is 0. The minimum absolute atomic E-state index is 0.0665. The Bertz CT molecular complexity index is 419. The number of ether oxygens (including phenoxy) is 2. The van der Waals surface area contributed by atoms with Gasteiger partial charge in [0.05, 0.1) is 13.2 Å². The number of benzene rings is 1. The third-order valence-corrected chi connectivity index (χ3v) is 3.34. The van der Waals surface area contributed by atoms with E-state index < -0.39 is 0 Å². The van der Waals surface area contributed by atoms with Crippen molar-refractivity contribution in [1.29, 1.82) is 0 Å². The van der Waals surface area contributed by atoms with E-state index in [4.69, 9.17) is 9.47 Å². The first-order valence-corrected chi connectivity index (χ1v) is 7.48. The Labute approximate surface area is 123 Å². The zero-order chi connectivity index (χ0) is 14.8. The molecule has 0 aliphatic rings. The highest BCUT2D eigenvalue weighted by atomic mass is 32.2. The van der Waals surface area contributed by atoms with Crippen molar-refractivity contribution in [2.24, 2.45) is 0 Å². The smallest absolute Gasteiger partial charge is 0.302 e. The first kappa shape index (κ1) is 16.7. The van der Waals surface area contributed by atoms with E-state index in [-0.39, 0.29) is 17.2 Å². The molecule has 0 saturated carbocycles. The number of hydrogen-bond donors (Lipinski definition) is 0. The van der Waals surface area contributed by atoms with Gasteiger partial charge in [0.2, 0.25) is 0 Å². The Hall–Kier alpha value is -1.33.